The van der Waals surface area contributed by atoms with Crippen molar-refractivity contribution in [3.05, 3.63) is 34.3 Å². The fourth-order valence-electron chi connectivity index (χ4n) is 1.20. The second-order valence-corrected chi connectivity index (χ2v) is 11.4. The molecule has 0 fully saturated rings. The predicted octanol–water partition coefficient (Wildman–Crippen LogP) is 3.36. The molecule has 1 aromatic rings. The number of alkyl halides is 2. The molecule has 0 aliphatic heterocycles. The Morgan fingerprint density at radius 1 is 1.29 bits per heavy atom. The van der Waals surface area contributed by atoms with E-state index in [4.69, 9.17) is 0 Å². The first-order chi connectivity index (χ1) is 7.72. The van der Waals surface area contributed by atoms with Gasteiger partial charge >= 0.3 is 0 Å². The van der Waals surface area contributed by atoms with Crippen molar-refractivity contribution < 1.29 is 13.5 Å². The third-order valence-corrected chi connectivity index (χ3v) is 8.47. The van der Waals surface area contributed by atoms with E-state index in [1.54, 1.807) is 24.3 Å². The van der Waals surface area contributed by atoms with Gasteiger partial charge in [0.1, 0.15) is 6.10 Å². The Bertz CT molecular complexity index is 482. The van der Waals surface area contributed by atoms with Crippen LogP contribution in [0.3, 0.4) is 0 Å². The number of hydrogen-bond acceptors (Lipinski definition) is 3. The van der Waals surface area contributed by atoms with Crippen molar-refractivity contribution in [3.8, 4) is 0 Å². The molecule has 0 aliphatic carbocycles. The Morgan fingerprint density at radius 2 is 1.76 bits per heavy atom. The van der Waals surface area contributed by atoms with Gasteiger partial charge in [-0.25, -0.2) is 8.42 Å². The van der Waals surface area contributed by atoms with Crippen molar-refractivity contribution in [2.45, 2.75) is 15.6 Å². The minimum atomic E-state index is -3.48. The molecule has 0 saturated heterocycles. The van der Waals surface area contributed by atoms with E-state index >= 15 is 0 Å². The summed E-state index contributed by atoms with van der Waals surface area (Å²) in [4.78, 5) is 0. The minimum Gasteiger partial charge on any atom is -0.385 e. The van der Waals surface area contributed by atoms with E-state index < -0.39 is 18.5 Å². The number of sulfone groups is 1. The molecule has 1 aromatic carbocycles. The highest BCUT2D eigenvalue weighted by molar-refractivity contribution is 9.28. The van der Waals surface area contributed by atoms with Crippen LogP contribution in [0.4, 0.5) is 0 Å². The molecule has 0 spiro atoms. The molecule has 0 saturated carbocycles. The van der Waals surface area contributed by atoms with Crippen LogP contribution in [0.5, 0.6) is 0 Å². The van der Waals surface area contributed by atoms with Gasteiger partial charge in [0.15, 0.2) is 9.84 Å². The van der Waals surface area contributed by atoms with E-state index in [1.807, 2.05) is 0 Å². The van der Waals surface area contributed by atoms with Crippen LogP contribution >= 0.6 is 47.8 Å². The molecule has 0 heterocycles. The molecule has 1 N–H and O–H groups in total. The summed E-state index contributed by atoms with van der Waals surface area (Å²) in [7, 11) is -3.48. The summed E-state index contributed by atoms with van der Waals surface area (Å²) in [5.41, 5.74) is 0.513. The van der Waals surface area contributed by atoms with Crippen LogP contribution in [0, 0.1) is 0 Å². The Balaban J connectivity index is 3.12. The second-order valence-electron chi connectivity index (χ2n) is 3.42. The Morgan fingerprint density at radius 3 is 2.18 bits per heavy atom. The summed E-state index contributed by atoms with van der Waals surface area (Å²) in [6.07, 6.45) is -1.19. The molecule has 1 atom stereocenters. The quantitative estimate of drug-likeness (QED) is 0.716. The van der Waals surface area contributed by atoms with Crippen LogP contribution in [-0.2, 0) is 9.84 Å². The molecule has 0 aromatic heterocycles. The molecular formula is C10H11Br3O3S. The van der Waals surface area contributed by atoms with Gasteiger partial charge in [-0.15, -0.1) is 0 Å². The van der Waals surface area contributed by atoms with E-state index in [9.17, 15) is 13.5 Å². The van der Waals surface area contributed by atoms with Gasteiger partial charge in [0.25, 0.3) is 0 Å². The summed E-state index contributed by atoms with van der Waals surface area (Å²) in [6.45, 7) is 1.53. The van der Waals surface area contributed by atoms with E-state index in [-0.39, 0.29) is 5.75 Å². The van der Waals surface area contributed by atoms with E-state index in [0.29, 0.717) is 5.56 Å². The van der Waals surface area contributed by atoms with Crippen molar-refractivity contribution in [2.75, 3.05) is 5.75 Å². The molecule has 1 rings (SSSR count). The van der Waals surface area contributed by atoms with Gasteiger partial charge < -0.3 is 5.11 Å². The maximum Gasteiger partial charge on any atom is 0.210 e. The highest BCUT2D eigenvalue weighted by atomic mass is 79.9. The summed E-state index contributed by atoms with van der Waals surface area (Å²) >= 11 is 9.38. The van der Waals surface area contributed by atoms with Gasteiger partial charge in [0.05, 0.1) is 0 Å². The van der Waals surface area contributed by atoms with Gasteiger partial charge in [-0.2, -0.15) is 0 Å². The minimum absolute atomic E-state index is 0.0723. The predicted molar refractivity (Wildman–Crippen MR) is 79.1 cm³/mol. The van der Waals surface area contributed by atoms with Crippen LogP contribution in [0.15, 0.2) is 28.7 Å². The van der Waals surface area contributed by atoms with Crippen molar-refractivity contribution in [1.82, 2.24) is 0 Å². The molecular weight excluding hydrogens is 440 g/mol. The normalized spacial score (nSPS) is 14.6. The zero-order valence-electron chi connectivity index (χ0n) is 8.90. The van der Waals surface area contributed by atoms with Crippen molar-refractivity contribution >= 4 is 57.6 Å². The first kappa shape index (κ1) is 15.6. The zero-order valence-corrected chi connectivity index (χ0v) is 14.5. The van der Waals surface area contributed by atoms with Gasteiger partial charge in [0, 0.05) is 10.2 Å². The first-order valence-electron chi connectivity index (χ1n) is 4.76. The lowest BCUT2D eigenvalue weighted by Crippen LogP contribution is -2.33. The highest BCUT2D eigenvalue weighted by Gasteiger charge is 2.45. The molecule has 0 radical (unpaired) electrons. The second kappa shape index (κ2) is 5.69. The molecule has 3 nitrogen and oxygen atoms in total. The summed E-state index contributed by atoms with van der Waals surface area (Å²) in [5, 5.41) is 10.1. The third-order valence-electron chi connectivity index (χ3n) is 2.30. The number of hydrogen-bond donors (Lipinski definition) is 1. The highest BCUT2D eigenvalue weighted by Crippen LogP contribution is 2.44. The Hall–Kier alpha value is 0.570. The monoisotopic (exact) mass is 448 g/mol. The maximum absolute atomic E-state index is 11.8. The Labute approximate surface area is 126 Å². The molecule has 0 aliphatic rings. The van der Waals surface area contributed by atoms with Crippen LogP contribution in [0.2, 0.25) is 0 Å². The molecule has 96 valence electrons. The largest absolute Gasteiger partial charge is 0.385 e. The molecule has 1 unspecified atom stereocenters. The van der Waals surface area contributed by atoms with Crippen LogP contribution in [0.1, 0.15) is 18.6 Å². The molecule has 0 amide bonds. The van der Waals surface area contributed by atoms with Gasteiger partial charge in [-0.3, -0.25) is 0 Å². The molecule has 0 bridgehead atoms. The number of rotatable bonds is 4. The van der Waals surface area contributed by atoms with Gasteiger partial charge in [-0.05, 0) is 17.7 Å². The average molecular weight is 451 g/mol. The zero-order chi connectivity index (χ0) is 13.3. The lowest BCUT2D eigenvalue weighted by Gasteiger charge is -2.26. The summed E-state index contributed by atoms with van der Waals surface area (Å²) in [5.74, 6) is -0.0723. The van der Waals surface area contributed by atoms with Crippen LogP contribution in [0.25, 0.3) is 0 Å². The fraction of sp³-hybridized carbons (Fsp3) is 0.400. The fourth-order valence-corrected chi connectivity index (χ4v) is 4.23. The van der Waals surface area contributed by atoms with Gasteiger partial charge in [-0.1, -0.05) is 66.8 Å². The lowest BCUT2D eigenvalue weighted by molar-refractivity contribution is 0.189. The van der Waals surface area contributed by atoms with Crippen LogP contribution < -0.4 is 0 Å². The third kappa shape index (κ3) is 3.32. The average Bonchev–Trinajstić information content (AvgIpc) is 2.28. The summed E-state index contributed by atoms with van der Waals surface area (Å²) < 4.78 is 23.0. The van der Waals surface area contributed by atoms with E-state index in [0.717, 1.165) is 4.47 Å². The van der Waals surface area contributed by atoms with Crippen molar-refractivity contribution in [3.63, 3.8) is 0 Å². The van der Waals surface area contributed by atoms with E-state index in [2.05, 4.69) is 47.8 Å². The standard InChI is InChI=1S/C10H11Br3O3S/c1-2-17(15,16)10(12,13)9(14)7-3-5-8(11)6-4-7/h3-6,9,14H,2H2,1H3. The number of aliphatic hydroxyl groups excluding tert-OH is 1. The smallest absolute Gasteiger partial charge is 0.210 e. The van der Waals surface area contributed by atoms with Crippen LogP contribution in [-0.4, -0.2) is 21.8 Å². The Kier molecular flexibility index (Phi) is 5.23. The lowest BCUT2D eigenvalue weighted by atomic mass is 10.1. The number of benzene rings is 1. The maximum atomic E-state index is 11.8. The number of aliphatic hydroxyl groups is 1. The SMILES string of the molecule is CCS(=O)(=O)C(Br)(Br)C(O)c1ccc(Br)cc1. The van der Waals surface area contributed by atoms with Crippen molar-refractivity contribution in [2.24, 2.45) is 0 Å². The topological polar surface area (TPSA) is 54.4 Å². The summed E-state index contributed by atoms with van der Waals surface area (Å²) in [6, 6.07) is 6.81. The number of halogens is 3. The molecule has 17 heavy (non-hydrogen) atoms. The first-order valence-corrected chi connectivity index (χ1v) is 8.79. The van der Waals surface area contributed by atoms with E-state index in [1.165, 1.54) is 6.92 Å². The van der Waals surface area contributed by atoms with Crippen molar-refractivity contribution in [1.29, 1.82) is 0 Å². The van der Waals surface area contributed by atoms with Gasteiger partial charge in [0.2, 0.25) is 2.57 Å². The molecule has 7 heteroatoms.